The first-order valence-corrected chi connectivity index (χ1v) is 7.79. The molecular weight excluding hydrogens is 379 g/mol. The van der Waals surface area contributed by atoms with E-state index in [1.165, 1.54) is 12.1 Å². The molecule has 0 aliphatic rings. The van der Waals surface area contributed by atoms with Crippen LogP contribution in [0.5, 0.6) is 5.75 Å². The fourth-order valence-corrected chi connectivity index (χ4v) is 2.13. The van der Waals surface area contributed by atoms with E-state index in [0.717, 1.165) is 18.4 Å². The highest BCUT2D eigenvalue weighted by Gasteiger charge is 2.31. The minimum Gasteiger partial charge on any atom is -0.431 e. The number of nitrogens with one attached hydrogen (secondary N) is 2. The number of alkyl halides is 3. The summed E-state index contributed by atoms with van der Waals surface area (Å²) >= 11 is 0. The van der Waals surface area contributed by atoms with Gasteiger partial charge in [-0.15, -0.1) is 13.2 Å². The number of anilines is 2. The molecule has 0 aliphatic carbocycles. The quantitative estimate of drug-likeness (QED) is 0.684. The lowest BCUT2D eigenvalue weighted by Gasteiger charge is -2.09. The van der Waals surface area contributed by atoms with Gasteiger partial charge in [0.05, 0.1) is 0 Å². The zero-order valence-electron chi connectivity index (χ0n) is 14.0. The van der Waals surface area contributed by atoms with Crippen molar-refractivity contribution >= 4 is 23.5 Å². The van der Waals surface area contributed by atoms with Gasteiger partial charge in [0, 0.05) is 11.3 Å². The maximum absolute atomic E-state index is 12.1. The molecule has 28 heavy (non-hydrogen) atoms. The molecule has 2 aromatic carbocycles. The number of amides is 2. The van der Waals surface area contributed by atoms with Crippen molar-refractivity contribution in [1.29, 1.82) is 0 Å². The highest BCUT2D eigenvalue weighted by atomic mass is 19.4. The van der Waals surface area contributed by atoms with Crippen LogP contribution in [0.1, 0.15) is 20.8 Å². The van der Waals surface area contributed by atoms with Crippen molar-refractivity contribution in [3.05, 3.63) is 72.1 Å². The van der Waals surface area contributed by atoms with Crippen molar-refractivity contribution < 1.29 is 31.9 Å². The number of ether oxygens (including phenoxy) is 1. The molecule has 7 nitrogen and oxygen atoms in total. The molecule has 2 N–H and O–H groups in total. The van der Waals surface area contributed by atoms with E-state index < -0.39 is 23.9 Å². The lowest BCUT2D eigenvalue weighted by atomic mass is 10.2. The molecule has 0 saturated heterocycles. The van der Waals surface area contributed by atoms with Gasteiger partial charge in [0.25, 0.3) is 11.8 Å². The van der Waals surface area contributed by atoms with Gasteiger partial charge in [-0.05, 0) is 36.4 Å². The monoisotopic (exact) mass is 391 g/mol. The lowest BCUT2D eigenvalue weighted by Crippen LogP contribution is -2.17. The molecule has 1 aromatic heterocycles. The second-order valence-corrected chi connectivity index (χ2v) is 5.38. The Morgan fingerprint density at radius 2 is 1.61 bits per heavy atom. The Kier molecular flexibility index (Phi) is 5.30. The largest absolute Gasteiger partial charge is 0.573 e. The van der Waals surface area contributed by atoms with Gasteiger partial charge in [-0.1, -0.05) is 18.2 Å². The fourth-order valence-electron chi connectivity index (χ4n) is 2.13. The minimum absolute atomic E-state index is 0.126. The number of carbonyl (C=O) groups is 2. The number of hydrogen-bond donors (Lipinski definition) is 2. The Morgan fingerprint density at radius 1 is 0.929 bits per heavy atom. The molecule has 0 bridgehead atoms. The Labute approximate surface area is 156 Å². The first-order chi connectivity index (χ1) is 13.3. The van der Waals surface area contributed by atoms with E-state index in [-0.39, 0.29) is 17.4 Å². The summed E-state index contributed by atoms with van der Waals surface area (Å²) in [5.74, 6) is -1.55. The Hall–Kier alpha value is -3.82. The summed E-state index contributed by atoms with van der Waals surface area (Å²) in [4.78, 5) is 28.0. The number of carbonyl (C=O) groups excluding carboxylic acids is 2. The number of oxazole rings is 1. The molecule has 2 amide bonds. The Bertz CT molecular complexity index is 970. The molecule has 1 heterocycles. The zero-order valence-corrected chi connectivity index (χ0v) is 14.0. The summed E-state index contributed by atoms with van der Waals surface area (Å²) in [7, 11) is 0. The van der Waals surface area contributed by atoms with Crippen molar-refractivity contribution in [2.45, 2.75) is 6.36 Å². The van der Waals surface area contributed by atoms with Gasteiger partial charge >= 0.3 is 12.4 Å². The van der Waals surface area contributed by atoms with E-state index in [4.69, 9.17) is 4.42 Å². The van der Waals surface area contributed by atoms with Gasteiger partial charge in [0.1, 0.15) is 12.0 Å². The van der Waals surface area contributed by atoms with E-state index >= 15 is 0 Å². The van der Waals surface area contributed by atoms with Gasteiger partial charge in [-0.3, -0.25) is 14.9 Å². The predicted molar refractivity (Wildman–Crippen MR) is 92.0 cm³/mol. The number of rotatable bonds is 5. The molecule has 0 fully saturated rings. The standard InChI is InChI=1S/C18H12F3N3O4/c19-18(20,21)28-13-8-6-12(7-9-13)22-16(26)14-10-27-17(23-14)24-15(25)11-4-2-1-3-5-11/h1-10H,(H,22,26)(H,23,24,25). The van der Waals surface area contributed by atoms with Crippen LogP contribution in [0.4, 0.5) is 24.9 Å². The summed E-state index contributed by atoms with van der Waals surface area (Å²) in [6.07, 6.45) is -3.76. The Morgan fingerprint density at radius 3 is 2.25 bits per heavy atom. The van der Waals surface area contributed by atoms with Crippen LogP contribution in [-0.2, 0) is 0 Å². The second-order valence-electron chi connectivity index (χ2n) is 5.38. The van der Waals surface area contributed by atoms with Crippen LogP contribution >= 0.6 is 0 Å². The Balaban J connectivity index is 1.60. The molecule has 0 atom stereocenters. The predicted octanol–water partition coefficient (Wildman–Crippen LogP) is 4.08. The van der Waals surface area contributed by atoms with Crippen molar-refractivity contribution in [1.82, 2.24) is 4.98 Å². The zero-order chi connectivity index (χ0) is 20.1. The number of benzene rings is 2. The van der Waals surface area contributed by atoms with Crippen molar-refractivity contribution in [2.24, 2.45) is 0 Å². The van der Waals surface area contributed by atoms with Gasteiger partial charge in [0.15, 0.2) is 5.69 Å². The van der Waals surface area contributed by atoms with Crippen LogP contribution < -0.4 is 15.4 Å². The smallest absolute Gasteiger partial charge is 0.431 e. The maximum Gasteiger partial charge on any atom is 0.573 e. The highest BCUT2D eigenvalue weighted by molar-refractivity contribution is 6.05. The molecule has 144 valence electrons. The van der Waals surface area contributed by atoms with Crippen molar-refractivity contribution in [3.8, 4) is 5.75 Å². The van der Waals surface area contributed by atoms with Crippen LogP contribution in [0.15, 0.2) is 65.3 Å². The third-order valence-electron chi connectivity index (χ3n) is 3.34. The molecule has 0 saturated carbocycles. The number of aromatic nitrogens is 1. The first-order valence-electron chi connectivity index (χ1n) is 7.79. The van der Waals surface area contributed by atoms with Gasteiger partial charge in [-0.2, -0.15) is 4.98 Å². The molecule has 0 spiro atoms. The molecule has 0 radical (unpaired) electrons. The molecule has 0 aliphatic heterocycles. The van der Waals surface area contributed by atoms with Gasteiger partial charge < -0.3 is 14.5 Å². The summed E-state index contributed by atoms with van der Waals surface area (Å²) < 4.78 is 45.2. The average molecular weight is 391 g/mol. The normalized spacial score (nSPS) is 11.0. The van der Waals surface area contributed by atoms with E-state index in [9.17, 15) is 22.8 Å². The van der Waals surface area contributed by atoms with Crippen LogP contribution in [0.2, 0.25) is 0 Å². The molecule has 10 heteroatoms. The third kappa shape index (κ3) is 5.10. The minimum atomic E-state index is -4.80. The lowest BCUT2D eigenvalue weighted by molar-refractivity contribution is -0.274. The third-order valence-corrected chi connectivity index (χ3v) is 3.34. The van der Waals surface area contributed by atoms with Crippen LogP contribution in [0, 0.1) is 0 Å². The van der Waals surface area contributed by atoms with E-state index in [1.54, 1.807) is 30.3 Å². The van der Waals surface area contributed by atoms with E-state index in [0.29, 0.717) is 5.56 Å². The van der Waals surface area contributed by atoms with Gasteiger partial charge in [0.2, 0.25) is 0 Å². The fraction of sp³-hybridized carbons (Fsp3) is 0.0556. The average Bonchev–Trinajstić information content (AvgIpc) is 3.11. The van der Waals surface area contributed by atoms with E-state index in [2.05, 4.69) is 20.4 Å². The van der Waals surface area contributed by atoms with Crippen molar-refractivity contribution in [3.63, 3.8) is 0 Å². The molecule has 3 rings (SSSR count). The summed E-state index contributed by atoms with van der Waals surface area (Å²) in [6.45, 7) is 0. The summed E-state index contributed by atoms with van der Waals surface area (Å²) in [5.41, 5.74) is 0.476. The molecule has 0 unspecified atom stereocenters. The number of nitrogens with zero attached hydrogens (tertiary/aromatic N) is 1. The number of halogens is 3. The molecule has 3 aromatic rings. The first kappa shape index (κ1) is 19.0. The van der Waals surface area contributed by atoms with Crippen LogP contribution in [-0.4, -0.2) is 23.2 Å². The topological polar surface area (TPSA) is 93.5 Å². The van der Waals surface area contributed by atoms with E-state index in [1.807, 2.05) is 0 Å². The second kappa shape index (κ2) is 7.82. The summed E-state index contributed by atoms with van der Waals surface area (Å²) in [6, 6.07) is 12.7. The number of hydrogen-bond acceptors (Lipinski definition) is 5. The maximum atomic E-state index is 12.1. The van der Waals surface area contributed by atoms with Crippen LogP contribution in [0.25, 0.3) is 0 Å². The molecular formula is C18H12F3N3O4. The summed E-state index contributed by atoms with van der Waals surface area (Å²) in [5, 5.41) is 4.84. The van der Waals surface area contributed by atoms with Crippen LogP contribution in [0.3, 0.4) is 0 Å². The van der Waals surface area contributed by atoms with Crippen molar-refractivity contribution in [2.75, 3.05) is 10.6 Å². The van der Waals surface area contributed by atoms with Gasteiger partial charge in [-0.25, -0.2) is 0 Å². The SMILES string of the molecule is O=C(Nc1nc(C(=O)Nc2ccc(OC(F)(F)F)cc2)co1)c1ccccc1. The highest BCUT2D eigenvalue weighted by Crippen LogP contribution is 2.24.